The van der Waals surface area contributed by atoms with Crippen molar-refractivity contribution in [2.75, 3.05) is 0 Å². The summed E-state index contributed by atoms with van der Waals surface area (Å²) in [5, 5.41) is 9.99. The van der Waals surface area contributed by atoms with Gasteiger partial charge in [0.15, 0.2) is 0 Å². The Hall–Kier alpha value is -1.31. The Kier molecular flexibility index (Phi) is 3.28. The molecule has 2 heteroatoms. The SMILES string of the molecule is C=C1C(F)=CC=CC(C2CCCCC2)=C1O. The zero-order chi connectivity index (χ0) is 11.5. The molecule has 0 radical (unpaired) electrons. The van der Waals surface area contributed by atoms with E-state index < -0.39 is 5.83 Å². The van der Waals surface area contributed by atoms with Gasteiger partial charge in [0.2, 0.25) is 0 Å². The van der Waals surface area contributed by atoms with Crippen LogP contribution in [0.15, 0.2) is 47.5 Å². The fraction of sp³-hybridized carbons (Fsp3) is 0.429. The van der Waals surface area contributed by atoms with Crippen LogP contribution in [0.5, 0.6) is 0 Å². The van der Waals surface area contributed by atoms with Gasteiger partial charge >= 0.3 is 0 Å². The molecule has 2 aliphatic rings. The van der Waals surface area contributed by atoms with Crippen LogP contribution >= 0.6 is 0 Å². The molecule has 1 nitrogen and oxygen atoms in total. The van der Waals surface area contributed by atoms with E-state index in [4.69, 9.17) is 0 Å². The van der Waals surface area contributed by atoms with Crippen LogP contribution in [0.25, 0.3) is 0 Å². The highest BCUT2D eigenvalue weighted by atomic mass is 19.1. The van der Waals surface area contributed by atoms with E-state index in [-0.39, 0.29) is 11.3 Å². The van der Waals surface area contributed by atoms with Crippen LogP contribution in [0, 0.1) is 5.92 Å². The lowest BCUT2D eigenvalue weighted by atomic mass is 9.82. The van der Waals surface area contributed by atoms with Crippen LogP contribution < -0.4 is 0 Å². The average molecular weight is 220 g/mol. The summed E-state index contributed by atoms with van der Waals surface area (Å²) in [7, 11) is 0. The maximum absolute atomic E-state index is 13.3. The molecular formula is C14H17FO. The van der Waals surface area contributed by atoms with Gasteiger partial charge in [0.1, 0.15) is 11.6 Å². The van der Waals surface area contributed by atoms with Crippen molar-refractivity contribution in [2.45, 2.75) is 32.1 Å². The molecule has 0 aromatic heterocycles. The Labute approximate surface area is 95.7 Å². The van der Waals surface area contributed by atoms with E-state index in [1.807, 2.05) is 6.08 Å². The largest absolute Gasteiger partial charge is 0.507 e. The van der Waals surface area contributed by atoms with Gasteiger partial charge in [-0.2, -0.15) is 0 Å². The Balaban J connectivity index is 2.28. The van der Waals surface area contributed by atoms with E-state index in [0.717, 1.165) is 18.4 Å². The molecule has 1 N–H and O–H groups in total. The monoisotopic (exact) mass is 220 g/mol. The van der Waals surface area contributed by atoms with Crippen LogP contribution in [-0.2, 0) is 0 Å². The lowest BCUT2D eigenvalue weighted by Crippen LogP contribution is -2.10. The molecule has 0 atom stereocenters. The van der Waals surface area contributed by atoms with Gasteiger partial charge in [-0.1, -0.05) is 38.0 Å². The van der Waals surface area contributed by atoms with Gasteiger partial charge in [-0.15, -0.1) is 0 Å². The van der Waals surface area contributed by atoms with E-state index >= 15 is 0 Å². The van der Waals surface area contributed by atoms with Crippen LogP contribution in [-0.4, -0.2) is 5.11 Å². The van der Waals surface area contributed by atoms with Gasteiger partial charge in [0.05, 0.1) is 0 Å². The van der Waals surface area contributed by atoms with Crippen molar-refractivity contribution in [1.82, 2.24) is 0 Å². The van der Waals surface area contributed by atoms with Crippen molar-refractivity contribution >= 4 is 0 Å². The highest BCUT2D eigenvalue weighted by molar-refractivity contribution is 5.48. The molecule has 2 aliphatic carbocycles. The molecular weight excluding hydrogens is 203 g/mol. The first-order valence-electron chi connectivity index (χ1n) is 5.87. The van der Waals surface area contributed by atoms with Crippen LogP contribution in [0.3, 0.4) is 0 Å². The predicted octanol–water partition coefficient (Wildman–Crippen LogP) is 4.36. The zero-order valence-electron chi connectivity index (χ0n) is 9.38. The molecule has 0 spiro atoms. The molecule has 0 aromatic rings. The van der Waals surface area contributed by atoms with E-state index in [2.05, 4.69) is 6.58 Å². The van der Waals surface area contributed by atoms with Crippen molar-refractivity contribution in [3.63, 3.8) is 0 Å². The van der Waals surface area contributed by atoms with Crippen LogP contribution in [0.1, 0.15) is 32.1 Å². The minimum absolute atomic E-state index is 0.0365. The standard InChI is InChI=1S/C14H17FO/c1-10-13(15)9-5-8-12(14(10)16)11-6-3-2-4-7-11/h5,8-9,11,16H,1-4,6-7H2. The molecule has 0 saturated heterocycles. The van der Waals surface area contributed by atoms with Gasteiger partial charge in [-0.05, 0) is 30.4 Å². The topological polar surface area (TPSA) is 20.2 Å². The van der Waals surface area contributed by atoms with Crippen molar-refractivity contribution in [3.05, 3.63) is 47.5 Å². The Morgan fingerprint density at radius 3 is 2.62 bits per heavy atom. The molecule has 2 rings (SSSR count). The molecule has 1 fully saturated rings. The highest BCUT2D eigenvalue weighted by Crippen LogP contribution is 2.35. The molecule has 0 unspecified atom stereocenters. The van der Waals surface area contributed by atoms with Crippen molar-refractivity contribution < 1.29 is 9.50 Å². The first kappa shape index (κ1) is 11.2. The summed E-state index contributed by atoms with van der Waals surface area (Å²) >= 11 is 0. The van der Waals surface area contributed by atoms with Gasteiger partial charge < -0.3 is 5.11 Å². The van der Waals surface area contributed by atoms with E-state index in [9.17, 15) is 9.50 Å². The Morgan fingerprint density at radius 1 is 1.25 bits per heavy atom. The minimum atomic E-state index is -0.445. The number of aliphatic hydroxyl groups is 1. The molecule has 86 valence electrons. The lowest BCUT2D eigenvalue weighted by molar-refractivity contribution is 0.368. The van der Waals surface area contributed by atoms with Crippen LogP contribution in [0.4, 0.5) is 4.39 Å². The third-order valence-corrected chi connectivity index (χ3v) is 3.41. The second-order valence-electron chi connectivity index (χ2n) is 4.49. The molecule has 16 heavy (non-hydrogen) atoms. The quantitative estimate of drug-likeness (QED) is 0.696. The molecule has 0 bridgehead atoms. The fourth-order valence-corrected chi connectivity index (χ4v) is 2.45. The average Bonchev–Trinajstić information content (AvgIpc) is 2.44. The zero-order valence-corrected chi connectivity index (χ0v) is 9.38. The summed E-state index contributed by atoms with van der Waals surface area (Å²) in [4.78, 5) is 0. The van der Waals surface area contributed by atoms with Gasteiger partial charge in [0, 0.05) is 5.57 Å². The second-order valence-corrected chi connectivity index (χ2v) is 4.49. The number of allylic oxidation sites excluding steroid dienone is 5. The smallest absolute Gasteiger partial charge is 0.133 e. The van der Waals surface area contributed by atoms with Gasteiger partial charge in [-0.3, -0.25) is 0 Å². The van der Waals surface area contributed by atoms with Gasteiger partial charge in [0.25, 0.3) is 0 Å². The summed E-state index contributed by atoms with van der Waals surface area (Å²) in [5.74, 6) is -0.0463. The van der Waals surface area contributed by atoms with Crippen molar-refractivity contribution in [2.24, 2.45) is 5.92 Å². The maximum Gasteiger partial charge on any atom is 0.133 e. The summed E-state index contributed by atoms with van der Waals surface area (Å²) in [5.41, 5.74) is 0.971. The minimum Gasteiger partial charge on any atom is -0.507 e. The number of hydrogen-bond acceptors (Lipinski definition) is 1. The molecule has 0 heterocycles. The third-order valence-electron chi connectivity index (χ3n) is 3.41. The van der Waals surface area contributed by atoms with E-state index in [1.54, 1.807) is 6.08 Å². The number of halogens is 1. The van der Waals surface area contributed by atoms with Crippen molar-refractivity contribution in [3.8, 4) is 0 Å². The second kappa shape index (κ2) is 4.69. The summed E-state index contributed by atoms with van der Waals surface area (Å²) in [6, 6.07) is 0. The predicted molar refractivity (Wildman–Crippen MR) is 63.7 cm³/mol. The molecule has 0 aliphatic heterocycles. The summed E-state index contributed by atoms with van der Waals surface area (Å²) in [6.07, 6.45) is 10.7. The maximum atomic E-state index is 13.3. The van der Waals surface area contributed by atoms with Crippen molar-refractivity contribution in [1.29, 1.82) is 0 Å². The summed E-state index contributed by atoms with van der Waals surface area (Å²) in [6.45, 7) is 3.59. The normalized spacial score (nSPS) is 23.3. The number of aliphatic hydroxyl groups excluding tert-OH is 1. The molecule has 0 amide bonds. The lowest BCUT2D eigenvalue weighted by Gasteiger charge is -2.23. The summed E-state index contributed by atoms with van der Waals surface area (Å²) < 4.78 is 13.3. The fourth-order valence-electron chi connectivity index (χ4n) is 2.45. The first-order valence-corrected chi connectivity index (χ1v) is 5.87. The first-order chi connectivity index (χ1) is 7.70. The number of rotatable bonds is 1. The molecule has 0 aromatic carbocycles. The third kappa shape index (κ3) is 2.11. The molecule has 1 saturated carbocycles. The van der Waals surface area contributed by atoms with E-state index in [1.165, 1.54) is 25.3 Å². The van der Waals surface area contributed by atoms with Crippen LogP contribution in [0.2, 0.25) is 0 Å². The highest BCUT2D eigenvalue weighted by Gasteiger charge is 2.22. The number of hydrogen-bond donors (Lipinski definition) is 1. The Morgan fingerprint density at radius 2 is 1.94 bits per heavy atom. The van der Waals surface area contributed by atoms with Gasteiger partial charge in [-0.25, -0.2) is 4.39 Å². The Bertz CT molecular complexity index is 382. The van der Waals surface area contributed by atoms with E-state index in [0.29, 0.717) is 5.92 Å².